The molecule has 1 heteroatoms. The fourth-order valence-electron chi connectivity index (χ4n) is 3.23. The SMILES string of the molecule is C[C@H]1C(=O)CC[C@@H]1C1CCCCC1. The molecule has 0 heterocycles. The molecule has 0 radical (unpaired) electrons. The molecule has 74 valence electrons. The molecule has 1 nitrogen and oxygen atoms in total. The van der Waals surface area contributed by atoms with E-state index in [0.29, 0.717) is 11.7 Å². The van der Waals surface area contributed by atoms with Gasteiger partial charge in [0, 0.05) is 12.3 Å². The molecule has 2 saturated carbocycles. The summed E-state index contributed by atoms with van der Waals surface area (Å²) in [6, 6.07) is 0. The molecule has 0 aliphatic heterocycles. The maximum atomic E-state index is 11.4. The first-order valence-corrected chi connectivity index (χ1v) is 5.82. The van der Waals surface area contributed by atoms with Crippen LogP contribution in [0.1, 0.15) is 51.9 Å². The molecule has 0 aromatic carbocycles. The van der Waals surface area contributed by atoms with Gasteiger partial charge in [-0.05, 0) is 18.3 Å². The zero-order valence-corrected chi connectivity index (χ0v) is 8.59. The van der Waals surface area contributed by atoms with Crippen molar-refractivity contribution < 1.29 is 4.79 Å². The Morgan fingerprint density at radius 1 is 1.08 bits per heavy atom. The normalized spacial score (nSPS) is 36.8. The molecule has 2 aliphatic carbocycles. The maximum Gasteiger partial charge on any atom is 0.135 e. The minimum absolute atomic E-state index is 0.378. The van der Waals surface area contributed by atoms with E-state index in [9.17, 15) is 4.79 Å². The first kappa shape index (κ1) is 9.23. The molecule has 0 bridgehead atoms. The maximum absolute atomic E-state index is 11.4. The molecular formula is C12H20O. The summed E-state index contributed by atoms with van der Waals surface area (Å²) in [5.74, 6) is 2.53. The van der Waals surface area contributed by atoms with Crippen molar-refractivity contribution >= 4 is 5.78 Å². The smallest absolute Gasteiger partial charge is 0.135 e. The van der Waals surface area contributed by atoms with E-state index in [4.69, 9.17) is 0 Å². The van der Waals surface area contributed by atoms with E-state index in [-0.39, 0.29) is 0 Å². The van der Waals surface area contributed by atoms with Gasteiger partial charge in [0.15, 0.2) is 0 Å². The van der Waals surface area contributed by atoms with Crippen LogP contribution in [0.4, 0.5) is 0 Å². The van der Waals surface area contributed by atoms with Crippen molar-refractivity contribution in [2.75, 3.05) is 0 Å². The molecule has 0 aromatic heterocycles. The average molecular weight is 180 g/mol. The second kappa shape index (κ2) is 3.81. The minimum Gasteiger partial charge on any atom is -0.299 e. The lowest BCUT2D eigenvalue weighted by Crippen LogP contribution is -2.22. The Kier molecular flexibility index (Phi) is 2.71. The third-order valence-electron chi connectivity index (χ3n) is 4.13. The molecule has 0 unspecified atom stereocenters. The Bertz CT molecular complexity index is 191. The molecule has 13 heavy (non-hydrogen) atoms. The van der Waals surface area contributed by atoms with Crippen LogP contribution in [-0.2, 0) is 4.79 Å². The summed E-state index contributed by atoms with van der Waals surface area (Å²) < 4.78 is 0. The van der Waals surface area contributed by atoms with Crippen LogP contribution < -0.4 is 0 Å². The molecule has 2 atom stereocenters. The zero-order chi connectivity index (χ0) is 9.26. The van der Waals surface area contributed by atoms with Gasteiger partial charge in [0.25, 0.3) is 0 Å². The minimum atomic E-state index is 0.378. The quantitative estimate of drug-likeness (QED) is 0.605. The van der Waals surface area contributed by atoms with Gasteiger partial charge in [-0.1, -0.05) is 39.0 Å². The molecule has 0 saturated heterocycles. The monoisotopic (exact) mass is 180 g/mol. The van der Waals surface area contributed by atoms with Crippen molar-refractivity contribution in [2.45, 2.75) is 51.9 Å². The number of hydrogen-bond donors (Lipinski definition) is 0. The Morgan fingerprint density at radius 3 is 2.31 bits per heavy atom. The van der Waals surface area contributed by atoms with Crippen LogP contribution in [-0.4, -0.2) is 5.78 Å². The largest absolute Gasteiger partial charge is 0.299 e. The third kappa shape index (κ3) is 1.79. The summed E-state index contributed by atoms with van der Waals surface area (Å²) in [6.07, 6.45) is 9.06. The van der Waals surface area contributed by atoms with Gasteiger partial charge < -0.3 is 0 Å². The fourth-order valence-corrected chi connectivity index (χ4v) is 3.23. The van der Waals surface area contributed by atoms with Gasteiger partial charge in [-0.15, -0.1) is 0 Å². The van der Waals surface area contributed by atoms with Crippen LogP contribution in [0.3, 0.4) is 0 Å². The summed E-state index contributed by atoms with van der Waals surface area (Å²) in [5.41, 5.74) is 0. The Morgan fingerprint density at radius 2 is 1.77 bits per heavy atom. The Hall–Kier alpha value is -0.330. The van der Waals surface area contributed by atoms with Gasteiger partial charge >= 0.3 is 0 Å². The molecule has 2 fully saturated rings. The number of hydrogen-bond acceptors (Lipinski definition) is 1. The van der Waals surface area contributed by atoms with Gasteiger partial charge in [-0.3, -0.25) is 4.79 Å². The molecule has 0 amide bonds. The van der Waals surface area contributed by atoms with Crippen molar-refractivity contribution in [3.63, 3.8) is 0 Å². The van der Waals surface area contributed by atoms with Crippen molar-refractivity contribution in [1.29, 1.82) is 0 Å². The summed E-state index contributed by atoms with van der Waals surface area (Å²) in [6.45, 7) is 2.15. The van der Waals surface area contributed by atoms with Crippen molar-refractivity contribution in [2.24, 2.45) is 17.8 Å². The predicted molar refractivity (Wildman–Crippen MR) is 53.5 cm³/mol. The van der Waals surface area contributed by atoms with Crippen LogP contribution >= 0.6 is 0 Å². The topological polar surface area (TPSA) is 17.1 Å². The van der Waals surface area contributed by atoms with E-state index >= 15 is 0 Å². The van der Waals surface area contributed by atoms with E-state index in [1.165, 1.54) is 38.5 Å². The van der Waals surface area contributed by atoms with E-state index in [1.54, 1.807) is 0 Å². The first-order chi connectivity index (χ1) is 6.29. The zero-order valence-electron chi connectivity index (χ0n) is 8.59. The van der Waals surface area contributed by atoms with E-state index in [2.05, 4.69) is 6.92 Å². The first-order valence-electron chi connectivity index (χ1n) is 5.82. The van der Waals surface area contributed by atoms with Crippen LogP contribution in [0.2, 0.25) is 0 Å². The van der Waals surface area contributed by atoms with Crippen LogP contribution in [0.25, 0.3) is 0 Å². The van der Waals surface area contributed by atoms with Gasteiger partial charge in [0.05, 0.1) is 0 Å². The molecule has 0 N–H and O–H groups in total. The van der Waals surface area contributed by atoms with Crippen LogP contribution in [0.15, 0.2) is 0 Å². The molecule has 2 rings (SSSR count). The number of ketones is 1. The highest BCUT2D eigenvalue weighted by Gasteiger charge is 2.36. The highest BCUT2D eigenvalue weighted by Crippen LogP contribution is 2.40. The van der Waals surface area contributed by atoms with Crippen molar-refractivity contribution in [3.8, 4) is 0 Å². The average Bonchev–Trinajstić information content (AvgIpc) is 2.49. The summed E-state index contributed by atoms with van der Waals surface area (Å²) >= 11 is 0. The van der Waals surface area contributed by atoms with E-state index < -0.39 is 0 Å². The third-order valence-corrected chi connectivity index (χ3v) is 4.13. The molecule has 0 aromatic rings. The highest BCUT2D eigenvalue weighted by molar-refractivity contribution is 5.83. The molecule has 0 spiro atoms. The van der Waals surface area contributed by atoms with Crippen molar-refractivity contribution in [1.82, 2.24) is 0 Å². The second-order valence-electron chi connectivity index (χ2n) is 4.86. The van der Waals surface area contributed by atoms with Gasteiger partial charge in [0.1, 0.15) is 5.78 Å². The fraction of sp³-hybridized carbons (Fsp3) is 0.917. The number of carbonyl (C=O) groups is 1. The van der Waals surface area contributed by atoms with Gasteiger partial charge in [0.2, 0.25) is 0 Å². The lowest BCUT2D eigenvalue weighted by atomic mass is 9.76. The highest BCUT2D eigenvalue weighted by atomic mass is 16.1. The van der Waals surface area contributed by atoms with E-state index in [1.807, 2.05) is 0 Å². The summed E-state index contributed by atoms with van der Waals surface area (Å²) in [4.78, 5) is 11.4. The van der Waals surface area contributed by atoms with E-state index in [0.717, 1.165) is 18.3 Å². The van der Waals surface area contributed by atoms with Crippen molar-refractivity contribution in [3.05, 3.63) is 0 Å². The molecule has 2 aliphatic rings. The lowest BCUT2D eigenvalue weighted by molar-refractivity contribution is -0.121. The Balaban J connectivity index is 1.95. The number of Topliss-reactive ketones (excluding diaryl/α,β-unsaturated/α-hetero) is 1. The number of rotatable bonds is 1. The van der Waals surface area contributed by atoms with Gasteiger partial charge in [-0.25, -0.2) is 0 Å². The number of carbonyl (C=O) groups excluding carboxylic acids is 1. The van der Waals surface area contributed by atoms with Crippen LogP contribution in [0.5, 0.6) is 0 Å². The predicted octanol–water partition coefficient (Wildman–Crippen LogP) is 3.18. The molecular weight excluding hydrogens is 160 g/mol. The van der Waals surface area contributed by atoms with Crippen LogP contribution in [0, 0.1) is 17.8 Å². The summed E-state index contributed by atoms with van der Waals surface area (Å²) in [5, 5.41) is 0. The summed E-state index contributed by atoms with van der Waals surface area (Å²) in [7, 11) is 0. The Labute approximate surface area is 80.9 Å². The standard InChI is InChI=1S/C12H20O/c1-9-11(7-8-12(9)13)10-5-3-2-4-6-10/h9-11H,2-8H2,1H3/t9-,11+/m1/s1. The lowest BCUT2D eigenvalue weighted by Gasteiger charge is -2.29. The second-order valence-corrected chi connectivity index (χ2v) is 4.86. The van der Waals surface area contributed by atoms with Gasteiger partial charge in [-0.2, -0.15) is 0 Å².